The standard InChI is InChI=1S/C23H29NO6/c1-11(2)13-9-17-14(22(26)28-7)10-18(29-17)19(12(3)4)21-20(24(5)6)15(8-16(13)25)23(27)30-21/h8,10,13,16,19-21,25H,1,3,9H2,2,4-7H3/t13?,16?,19?,20-,21+/m1/s1. The van der Waals surface area contributed by atoms with Crippen molar-refractivity contribution in [3.8, 4) is 0 Å². The number of aliphatic hydroxyl groups excluding tert-OH is 1. The summed E-state index contributed by atoms with van der Waals surface area (Å²) in [5, 5.41) is 11.0. The Morgan fingerprint density at radius 2 is 1.93 bits per heavy atom. The van der Waals surface area contributed by atoms with Gasteiger partial charge >= 0.3 is 11.9 Å². The van der Waals surface area contributed by atoms with Gasteiger partial charge in [-0.3, -0.25) is 4.90 Å². The zero-order chi connectivity index (χ0) is 22.3. The lowest BCUT2D eigenvalue weighted by atomic mass is 9.84. The smallest absolute Gasteiger partial charge is 0.341 e. The first-order valence-electron chi connectivity index (χ1n) is 9.85. The third-order valence-electron chi connectivity index (χ3n) is 5.87. The van der Waals surface area contributed by atoms with E-state index in [1.165, 1.54) is 7.11 Å². The first-order chi connectivity index (χ1) is 14.1. The average Bonchev–Trinajstić information content (AvgIpc) is 3.19. The molecule has 0 radical (unpaired) electrons. The first-order valence-corrected chi connectivity index (χ1v) is 9.85. The fraction of sp³-hybridized carbons (Fsp3) is 0.478. The topological polar surface area (TPSA) is 89.2 Å². The van der Waals surface area contributed by atoms with E-state index in [2.05, 4.69) is 13.2 Å². The summed E-state index contributed by atoms with van der Waals surface area (Å²) in [6, 6.07) is 1.21. The summed E-state index contributed by atoms with van der Waals surface area (Å²) in [6.45, 7) is 11.7. The summed E-state index contributed by atoms with van der Waals surface area (Å²) in [7, 11) is 5.00. The third-order valence-corrected chi connectivity index (χ3v) is 5.87. The molecule has 3 heterocycles. The summed E-state index contributed by atoms with van der Waals surface area (Å²) in [6.07, 6.45) is 0.161. The SMILES string of the molecule is C=C(C)C1Cc2oc(cc2C(=O)OC)C(C(=C)C)[C@@H]2OC(=O)C(=CC1O)[C@H]2N(C)C. The maximum absolute atomic E-state index is 12.8. The molecule has 0 aliphatic carbocycles. The van der Waals surface area contributed by atoms with E-state index in [0.717, 1.165) is 5.57 Å². The number of ether oxygens (including phenoxy) is 2. The Kier molecular flexibility index (Phi) is 6.06. The van der Waals surface area contributed by atoms with Gasteiger partial charge in [0.05, 0.1) is 30.7 Å². The second kappa shape index (κ2) is 8.24. The Morgan fingerprint density at radius 3 is 2.47 bits per heavy atom. The highest BCUT2D eigenvalue weighted by Crippen LogP contribution is 2.41. The maximum atomic E-state index is 12.8. The number of fused-ring (bicyclic) bond motifs is 4. The molecule has 1 aromatic rings. The van der Waals surface area contributed by atoms with Gasteiger partial charge in [0.1, 0.15) is 23.2 Å². The molecule has 1 N–H and O–H groups in total. The van der Waals surface area contributed by atoms with Crippen molar-refractivity contribution >= 4 is 11.9 Å². The maximum Gasteiger partial charge on any atom is 0.341 e. The number of carbonyl (C=O) groups excluding carboxylic acids is 2. The highest BCUT2D eigenvalue weighted by Gasteiger charge is 2.48. The Morgan fingerprint density at radius 1 is 1.27 bits per heavy atom. The minimum absolute atomic E-state index is 0.236. The average molecular weight is 415 g/mol. The largest absolute Gasteiger partial charge is 0.465 e. The molecule has 1 aromatic heterocycles. The summed E-state index contributed by atoms with van der Waals surface area (Å²) >= 11 is 0. The van der Waals surface area contributed by atoms with Crippen LogP contribution in [-0.2, 0) is 20.7 Å². The van der Waals surface area contributed by atoms with Crippen LogP contribution >= 0.6 is 0 Å². The zero-order valence-corrected chi connectivity index (χ0v) is 18.1. The van der Waals surface area contributed by atoms with Crippen LogP contribution in [0.25, 0.3) is 0 Å². The van der Waals surface area contributed by atoms with Gasteiger partial charge in [0.15, 0.2) is 0 Å². The number of rotatable bonds is 4. The molecule has 2 aliphatic heterocycles. The second-order valence-corrected chi connectivity index (χ2v) is 8.35. The van der Waals surface area contributed by atoms with Crippen molar-refractivity contribution in [1.29, 1.82) is 0 Å². The van der Waals surface area contributed by atoms with Crippen LogP contribution in [0.3, 0.4) is 0 Å². The molecule has 2 aliphatic rings. The Bertz CT molecular complexity index is 924. The van der Waals surface area contributed by atoms with Gasteiger partial charge < -0.3 is 19.0 Å². The molecule has 0 aromatic carbocycles. The van der Waals surface area contributed by atoms with Crippen molar-refractivity contribution in [3.05, 3.63) is 59.1 Å². The van der Waals surface area contributed by atoms with Crippen molar-refractivity contribution in [2.75, 3.05) is 21.2 Å². The summed E-state index contributed by atoms with van der Waals surface area (Å²) in [4.78, 5) is 27.1. The first kappa shape index (κ1) is 22.1. The lowest BCUT2D eigenvalue weighted by molar-refractivity contribution is -0.140. The molecule has 5 atom stereocenters. The Hall–Kier alpha value is -2.64. The summed E-state index contributed by atoms with van der Waals surface area (Å²) in [5.74, 6) is -1.07. The molecule has 0 saturated carbocycles. The zero-order valence-electron chi connectivity index (χ0n) is 18.1. The van der Waals surface area contributed by atoms with Gasteiger partial charge in [0.2, 0.25) is 0 Å². The lowest BCUT2D eigenvalue weighted by Crippen LogP contribution is -2.40. The van der Waals surface area contributed by atoms with Gasteiger partial charge in [-0.15, -0.1) is 0 Å². The van der Waals surface area contributed by atoms with Crippen molar-refractivity contribution in [2.24, 2.45) is 5.92 Å². The number of furan rings is 1. The van der Waals surface area contributed by atoms with Crippen LogP contribution in [-0.4, -0.2) is 61.4 Å². The van der Waals surface area contributed by atoms with Gasteiger partial charge in [-0.2, -0.15) is 0 Å². The number of likely N-dealkylation sites (N-methyl/N-ethyl adjacent to an activating group) is 1. The van der Waals surface area contributed by atoms with Gasteiger partial charge in [-0.05, 0) is 40.1 Å². The van der Waals surface area contributed by atoms with Gasteiger partial charge in [0.25, 0.3) is 0 Å². The normalized spacial score (nSPS) is 28.4. The molecule has 162 valence electrons. The predicted octanol–water partition coefficient (Wildman–Crippen LogP) is 2.62. The summed E-state index contributed by atoms with van der Waals surface area (Å²) < 4.78 is 16.8. The molecule has 1 saturated heterocycles. The molecule has 0 spiro atoms. The van der Waals surface area contributed by atoms with Crippen LogP contribution in [0.15, 0.2) is 46.4 Å². The second-order valence-electron chi connectivity index (χ2n) is 8.35. The van der Waals surface area contributed by atoms with Crippen molar-refractivity contribution < 1.29 is 28.6 Å². The van der Waals surface area contributed by atoms with Crippen LogP contribution in [0.2, 0.25) is 0 Å². The number of carbonyl (C=O) groups is 2. The fourth-order valence-corrected chi connectivity index (χ4v) is 4.35. The predicted molar refractivity (Wildman–Crippen MR) is 111 cm³/mol. The number of methoxy groups -OCH3 is 1. The van der Waals surface area contributed by atoms with E-state index in [1.807, 2.05) is 25.9 Å². The Labute approximate surface area is 176 Å². The minimum Gasteiger partial charge on any atom is -0.465 e. The van der Waals surface area contributed by atoms with E-state index in [4.69, 9.17) is 13.9 Å². The van der Waals surface area contributed by atoms with Gasteiger partial charge in [-0.25, -0.2) is 9.59 Å². The third kappa shape index (κ3) is 3.75. The molecular formula is C23H29NO6. The highest BCUT2D eigenvalue weighted by molar-refractivity contribution is 5.93. The van der Waals surface area contributed by atoms with E-state index in [-0.39, 0.29) is 12.0 Å². The molecular weight excluding hydrogens is 386 g/mol. The van der Waals surface area contributed by atoms with Gasteiger partial charge in [0, 0.05) is 12.3 Å². The fourth-order valence-electron chi connectivity index (χ4n) is 4.35. The molecule has 7 heteroatoms. The van der Waals surface area contributed by atoms with E-state index in [9.17, 15) is 14.7 Å². The van der Waals surface area contributed by atoms with Crippen molar-refractivity contribution in [1.82, 2.24) is 4.90 Å². The van der Waals surface area contributed by atoms with E-state index >= 15 is 0 Å². The molecule has 3 rings (SSSR count). The quantitative estimate of drug-likeness (QED) is 0.597. The van der Waals surface area contributed by atoms with E-state index in [1.54, 1.807) is 19.1 Å². The van der Waals surface area contributed by atoms with E-state index < -0.39 is 42.0 Å². The van der Waals surface area contributed by atoms with Crippen LogP contribution in [0, 0.1) is 5.92 Å². The highest BCUT2D eigenvalue weighted by atomic mass is 16.6. The number of esters is 2. The van der Waals surface area contributed by atoms with Crippen LogP contribution in [0.1, 0.15) is 41.6 Å². The molecule has 0 amide bonds. The van der Waals surface area contributed by atoms with Crippen molar-refractivity contribution in [2.45, 2.75) is 44.4 Å². The number of aliphatic hydroxyl groups is 1. The van der Waals surface area contributed by atoms with Crippen molar-refractivity contribution in [3.63, 3.8) is 0 Å². The monoisotopic (exact) mass is 415 g/mol. The minimum atomic E-state index is -1.01. The molecule has 30 heavy (non-hydrogen) atoms. The van der Waals surface area contributed by atoms with Crippen LogP contribution in [0.4, 0.5) is 0 Å². The molecule has 7 nitrogen and oxygen atoms in total. The molecule has 4 bridgehead atoms. The number of hydrogen-bond acceptors (Lipinski definition) is 7. The Balaban J connectivity index is 2.28. The number of nitrogens with zero attached hydrogens (tertiary/aromatic N) is 1. The van der Waals surface area contributed by atoms with Crippen LogP contribution < -0.4 is 0 Å². The number of hydrogen-bond donors (Lipinski definition) is 1. The molecule has 3 unspecified atom stereocenters. The lowest BCUT2D eigenvalue weighted by Gasteiger charge is -2.30. The van der Waals surface area contributed by atoms with Gasteiger partial charge in [-0.1, -0.05) is 24.3 Å². The van der Waals surface area contributed by atoms with E-state index in [0.29, 0.717) is 22.7 Å². The summed E-state index contributed by atoms with van der Waals surface area (Å²) in [5.41, 5.74) is 2.12. The molecule has 1 fully saturated rings. The van der Waals surface area contributed by atoms with Crippen LogP contribution in [0.5, 0.6) is 0 Å².